The minimum atomic E-state index is 0.963. The highest BCUT2D eigenvalue weighted by molar-refractivity contribution is 4.78. The van der Waals surface area contributed by atoms with Gasteiger partial charge in [-0.15, -0.1) is 0 Å². The molecule has 0 bridgehead atoms. The first-order valence-electron chi connectivity index (χ1n) is 3.36. The van der Waals surface area contributed by atoms with Crippen LogP contribution in [0, 0.1) is 0 Å². The van der Waals surface area contributed by atoms with Crippen LogP contribution in [0.2, 0.25) is 0 Å². The fourth-order valence-corrected chi connectivity index (χ4v) is 0.714. The molecule has 0 radical (unpaired) electrons. The average molecular weight is 128 g/mol. The van der Waals surface area contributed by atoms with Gasteiger partial charge in [0.15, 0.2) is 0 Å². The summed E-state index contributed by atoms with van der Waals surface area (Å²) in [7, 11) is 2.09. The van der Waals surface area contributed by atoms with Gasteiger partial charge in [0, 0.05) is 6.54 Å². The molecule has 0 rings (SSSR count). The van der Waals surface area contributed by atoms with Gasteiger partial charge in [0.25, 0.3) is 0 Å². The van der Waals surface area contributed by atoms with Crippen molar-refractivity contribution in [1.29, 1.82) is 0 Å². The van der Waals surface area contributed by atoms with Gasteiger partial charge in [0.1, 0.15) is 0 Å². The normalized spacial score (nSPS) is 11.4. The van der Waals surface area contributed by atoms with Gasteiger partial charge in [0.2, 0.25) is 0 Å². The van der Waals surface area contributed by atoms with Crippen molar-refractivity contribution >= 4 is 0 Å². The Hall–Kier alpha value is -0.500. The molecule has 0 amide bonds. The lowest BCUT2D eigenvalue weighted by Crippen LogP contribution is -2.18. The zero-order chi connectivity index (χ0) is 7.11. The maximum Gasteiger partial charge on any atom is 0.0177 e. The van der Waals surface area contributed by atoms with Crippen LogP contribution in [0.5, 0.6) is 0 Å². The first-order chi connectivity index (χ1) is 4.31. The van der Waals surface area contributed by atoms with Gasteiger partial charge >= 0.3 is 0 Å². The fourth-order valence-electron chi connectivity index (χ4n) is 0.714. The van der Waals surface area contributed by atoms with E-state index in [0.717, 1.165) is 13.1 Å². The molecule has 0 aromatic rings. The Bertz CT molecular complexity index is 79.0. The number of likely N-dealkylation sites (N-methyl/N-ethyl adjacent to an activating group) is 1. The second-order valence-electron chi connectivity index (χ2n) is 2.19. The third-order valence-corrected chi connectivity index (χ3v) is 1.16. The fraction of sp³-hybridized carbons (Fsp3) is 0.714. The first-order valence-corrected chi connectivity index (χ1v) is 3.36. The van der Waals surface area contributed by atoms with Gasteiger partial charge in [-0.1, -0.05) is 13.0 Å². The van der Waals surface area contributed by atoms with E-state index in [1.165, 1.54) is 6.42 Å². The van der Waals surface area contributed by atoms with E-state index < -0.39 is 0 Å². The monoisotopic (exact) mass is 128 g/mol. The van der Waals surface area contributed by atoms with Crippen molar-refractivity contribution < 1.29 is 0 Å². The van der Waals surface area contributed by atoms with Crippen molar-refractivity contribution in [2.45, 2.75) is 13.3 Å². The molecule has 2 nitrogen and oxygen atoms in total. The van der Waals surface area contributed by atoms with E-state index in [2.05, 4.69) is 18.9 Å². The highest BCUT2D eigenvalue weighted by atomic mass is 15.1. The number of nitrogens with two attached hydrogens (primary N) is 1. The summed E-state index contributed by atoms with van der Waals surface area (Å²) in [6.07, 6.45) is 4.75. The molecule has 0 aromatic carbocycles. The van der Waals surface area contributed by atoms with Crippen LogP contribution in [0.25, 0.3) is 0 Å². The molecular weight excluding hydrogens is 112 g/mol. The first kappa shape index (κ1) is 8.50. The second kappa shape index (κ2) is 5.63. The van der Waals surface area contributed by atoms with Crippen molar-refractivity contribution in [3.63, 3.8) is 0 Å². The van der Waals surface area contributed by atoms with Crippen molar-refractivity contribution in [3.05, 3.63) is 12.3 Å². The van der Waals surface area contributed by atoms with Crippen LogP contribution in [0.1, 0.15) is 13.3 Å². The van der Waals surface area contributed by atoms with Crippen molar-refractivity contribution in [3.8, 4) is 0 Å². The Morgan fingerprint density at radius 2 is 2.22 bits per heavy atom. The zero-order valence-electron chi connectivity index (χ0n) is 6.30. The van der Waals surface area contributed by atoms with Crippen LogP contribution in [-0.4, -0.2) is 25.0 Å². The smallest absolute Gasteiger partial charge is 0.0177 e. The maximum absolute atomic E-state index is 5.17. The van der Waals surface area contributed by atoms with E-state index in [1.807, 2.05) is 6.08 Å². The molecule has 9 heavy (non-hydrogen) atoms. The molecule has 2 N–H and O–H groups in total. The summed E-state index contributed by atoms with van der Waals surface area (Å²) in [5.41, 5.74) is 5.17. The summed E-state index contributed by atoms with van der Waals surface area (Å²) in [5.74, 6) is 0. The van der Waals surface area contributed by atoms with Crippen LogP contribution in [0.3, 0.4) is 0 Å². The number of rotatable bonds is 4. The molecule has 0 fully saturated rings. The summed E-state index contributed by atoms with van der Waals surface area (Å²) >= 11 is 0. The Labute approximate surface area is 57.3 Å². The molecule has 0 aromatic heterocycles. The standard InChI is InChI=1S/C7H16N2/c1-3-6-9(2)7-4-5-8/h4-5H,3,6-8H2,1-2H3/b5-4-. The molecule has 0 aliphatic rings. The van der Waals surface area contributed by atoms with Crippen LogP contribution in [0.15, 0.2) is 12.3 Å². The highest BCUT2D eigenvalue weighted by Crippen LogP contribution is 1.84. The van der Waals surface area contributed by atoms with Gasteiger partial charge in [-0.3, -0.25) is 0 Å². The van der Waals surface area contributed by atoms with Crippen LogP contribution >= 0.6 is 0 Å². The third-order valence-electron chi connectivity index (χ3n) is 1.16. The quantitative estimate of drug-likeness (QED) is 0.607. The lowest BCUT2D eigenvalue weighted by atomic mass is 10.4. The van der Waals surface area contributed by atoms with Gasteiger partial charge in [0.05, 0.1) is 0 Å². The molecule has 0 atom stereocenters. The molecule has 0 saturated heterocycles. The Kier molecular flexibility index (Phi) is 5.32. The van der Waals surface area contributed by atoms with Crippen molar-refractivity contribution in [2.24, 2.45) is 5.73 Å². The summed E-state index contributed by atoms with van der Waals surface area (Å²) in [5, 5.41) is 0. The van der Waals surface area contributed by atoms with E-state index in [4.69, 9.17) is 5.73 Å². The zero-order valence-corrected chi connectivity index (χ0v) is 6.30. The summed E-state index contributed by atoms with van der Waals surface area (Å²) in [6, 6.07) is 0. The molecule has 0 saturated carbocycles. The van der Waals surface area contributed by atoms with E-state index in [0.29, 0.717) is 0 Å². The largest absolute Gasteiger partial charge is 0.405 e. The topological polar surface area (TPSA) is 29.3 Å². The SMILES string of the molecule is CCCN(C)C/C=C\N. The minimum Gasteiger partial charge on any atom is -0.405 e. The lowest BCUT2D eigenvalue weighted by Gasteiger charge is -2.11. The van der Waals surface area contributed by atoms with Gasteiger partial charge in [-0.2, -0.15) is 0 Å². The van der Waals surface area contributed by atoms with E-state index in [9.17, 15) is 0 Å². The van der Waals surface area contributed by atoms with Crippen molar-refractivity contribution in [1.82, 2.24) is 4.90 Å². The third kappa shape index (κ3) is 5.37. The van der Waals surface area contributed by atoms with Gasteiger partial charge in [-0.05, 0) is 26.2 Å². The molecule has 0 aliphatic carbocycles. The predicted octanol–water partition coefficient (Wildman–Crippen LogP) is 0.801. The number of nitrogens with zero attached hydrogens (tertiary/aromatic N) is 1. The molecule has 0 heterocycles. The second-order valence-corrected chi connectivity index (χ2v) is 2.19. The Morgan fingerprint density at radius 1 is 1.56 bits per heavy atom. The summed E-state index contributed by atoms with van der Waals surface area (Å²) < 4.78 is 0. The number of hydrogen-bond donors (Lipinski definition) is 1. The van der Waals surface area contributed by atoms with Crippen LogP contribution < -0.4 is 5.73 Å². The molecule has 0 unspecified atom stereocenters. The summed E-state index contributed by atoms with van der Waals surface area (Å²) in [6.45, 7) is 4.28. The Balaban J connectivity index is 3.15. The highest BCUT2D eigenvalue weighted by Gasteiger charge is 1.89. The van der Waals surface area contributed by atoms with E-state index >= 15 is 0 Å². The predicted molar refractivity (Wildman–Crippen MR) is 41.1 cm³/mol. The minimum absolute atomic E-state index is 0.963. The number of hydrogen-bond acceptors (Lipinski definition) is 2. The van der Waals surface area contributed by atoms with Crippen molar-refractivity contribution in [2.75, 3.05) is 20.1 Å². The van der Waals surface area contributed by atoms with Gasteiger partial charge < -0.3 is 10.6 Å². The van der Waals surface area contributed by atoms with Gasteiger partial charge in [-0.25, -0.2) is 0 Å². The maximum atomic E-state index is 5.17. The van der Waals surface area contributed by atoms with Crippen LogP contribution in [-0.2, 0) is 0 Å². The molecule has 54 valence electrons. The van der Waals surface area contributed by atoms with Crippen LogP contribution in [0.4, 0.5) is 0 Å². The molecule has 0 aliphatic heterocycles. The van der Waals surface area contributed by atoms with E-state index in [-0.39, 0.29) is 0 Å². The van der Waals surface area contributed by atoms with E-state index in [1.54, 1.807) is 6.20 Å². The average Bonchev–Trinajstić information content (AvgIpc) is 1.85. The molecule has 0 spiro atoms. The summed E-state index contributed by atoms with van der Waals surface area (Å²) in [4.78, 5) is 2.23. The molecule has 2 heteroatoms. The Morgan fingerprint density at radius 3 is 2.67 bits per heavy atom. The molecular formula is C7H16N2. The lowest BCUT2D eigenvalue weighted by molar-refractivity contribution is 0.370.